The van der Waals surface area contributed by atoms with Gasteiger partial charge in [0.1, 0.15) is 11.8 Å². The Labute approximate surface area is 143 Å². The molecule has 1 atom stereocenters. The number of ketones is 1. The van der Waals surface area contributed by atoms with Crippen molar-refractivity contribution in [1.29, 1.82) is 5.26 Å². The molecular formula is C20H23NO3. The van der Waals surface area contributed by atoms with Crippen LogP contribution in [-0.4, -0.2) is 19.7 Å². The molecule has 0 spiro atoms. The third-order valence-corrected chi connectivity index (χ3v) is 4.16. The molecule has 0 N–H and O–H groups in total. The van der Waals surface area contributed by atoms with Crippen molar-refractivity contribution < 1.29 is 14.3 Å². The van der Waals surface area contributed by atoms with Crippen LogP contribution in [0.2, 0.25) is 0 Å². The molecule has 4 heteroatoms. The van der Waals surface area contributed by atoms with Crippen molar-refractivity contribution in [3.8, 4) is 11.8 Å². The normalized spacial score (nSPS) is 23.0. The van der Waals surface area contributed by atoms with Gasteiger partial charge in [-0.2, -0.15) is 5.26 Å². The van der Waals surface area contributed by atoms with E-state index in [-0.39, 0.29) is 23.6 Å². The average Bonchev–Trinajstić information content (AvgIpc) is 2.55. The number of carbonyl (C=O) groups is 1. The SMILES string of the molecule is COCOc1ccc(C=CC2(C)C=C(C#N)C(=O)C(C)(C)C2)cc1. The topological polar surface area (TPSA) is 59.3 Å². The van der Waals surface area contributed by atoms with Gasteiger partial charge in [-0.05, 0) is 24.1 Å². The Morgan fingerprint density at radius 3 is 2.50 bits per heavy atom. The van der Waals surface area contributed by atoms with E-state index in [1.807, 2.05) is 57.2 Å². The molecule has 0 fully saturated rings. The number of ether oxygens (including phenoxy) is 2. The van der Waals surface area contributed by atoms with E-state index in [0.29, 0.717) is 6.42 Å². The van der Waals surface area contributed by atoms with Crippen LogP contribution in [0.1, 0.15) is 32.8 Å². The fourth-order valence-electron chi connectivity index (χ4n) is 3.12. The van der Waals surface area contributed by atoms with Crippen LogP contribution < -0.4 is 4.74 Å². The third-order valence-electron chi connectivity index (χ3n) is 4.16. The van der Waals surface area contributed by atoms with E-state index in [1.165, 1.54) is 0 Å². The molecule has 0 radical (unpaired) electrons. The molecular weight excluding hydrogens is 302 g/mol. The third kappa shape index (κ3) is 4.12. The number of nitrogens with zero attached hydrogens (tertiary/aromatic N) is 1. The first-order valence-corrected chi connectivity index (χ1v) is 7.88. The van der Waals surface area contributed by atoms with Crippen molar-refractivity contribution in [2.24, 2.45) is 10.8 Å². The van der Waals surface area contributed by atoms with Crippen molar-refractivity contribution in [2.45, 2.75) is 27.2 Å². The van der Waals surface area contributed by atoms with Gasteiger partial charge in [0.25, 0.3) is 0 Å². The molecule has 1 aliphatic carbocycles. The average molecular weight is 325 g/mol. The first kappa shape index (κ1) is 18.0. The molecule has 4 nitrogen and oxygen atoms in total. The number of hydrogen-bond acceptors (Lipinski definition) is 4. The summed E-state index contributed by atoms with van der Waals surface area (Å²) in [5.41, 5.74) is 0.425. The van der Waals surface area contributed by atoms with E-state index in [4.69, 9.17) is 9.47 Å². The van der Waals surface area contributed by atoms with Gasteiger partial charge in [-0.3, -0.25) is 4.79 Å². The molecule has 0 amide bonds. The van der Waals surface area contributed by atoms with Crippen molar-refractivity contribution in [3.05, 3.63) is 47.6 Å². The van der Waals surface area contributed by atoms with Gasteiger partial charge < -0.3 is 9.47 Å². The number of carbonyl (C=O) groups excluding carboxylic acids is 1. The summed E-state index contributed by atoms with van der Waals surface area (Å²) in [5, 5.41) is 9.23. The quantitative estimate of drug-likeness (QED) is 0.764. The van der Waals surface area contributed by atoms with Crippen LogP contribution in [-0.2, 0) is 9.53 Å². The number of methoxy groups -OCH3 is 1. The predicted molar refractivity (Wildman–Crippen MR) is 93.2 cm³/mol. The standard InChI is InChI=1S/C20H23NO3/c1-19(2)13-20(3,11-16(12-21)18(19)22)10-9-15-5-7-17(8-6-15)24-14-23-4/h5-11H,13-14H2,1-4H3. The minimum Gasteiger partial charge on any atom is -0.468 e. The number of nitriles is 1. The second-order valence-electron chi connectivity index (χ2n) is 7.02. The minimum atomic E-state index is -0.531. The van der Waals surface area contributed by atoms with Crippen molar-refractivity contribution >= 4 is 11.9 Å². The monoisotopic (exact) mass is 325 g/mol. The van der Waals surface area contributed by atoms with E-state index in [0.717, 1.165) is 11.3 Å². The Bertz CT molecular complexity index is 707. The van der Waals surface area contributed by atoms with Crippen molar-refractivity contribution in [3.63, 3.8) is 0 Å². The summed E-state index contributed by atoms with van der Waals surface area (Å²) >= 11 is 0. The van der Waals surface area contributed by atoms with Gasteiger partial charge in [0.05, 0.1) is 5.57 Å². The van der Waals surface area contributed by atoms with Gasteiger partial charge in [0.2, 0.25) is 0 Å². The number of allylic oxidation sites excluding steroid dienone is 3. The highest BCUT2D eigenvalue weighted by molar-refractivity contribution is 6.03. The van der Waals surface area contributed by atoms with Gasteiger partial charge in [-0.1, -0.05) is 51.1 Å². The maximum Gasteiger partial charge on any atom is 0.188 e. The lowest BCUT2D eigenvalue weighted by molar-refractivity contribution is -0.124. The number of benzene rings is 1. The molecule has 1 aliphatic rings. The van der Waals surface area contributed by atoms with E-state index in [1.54, 1.807) is 13.2 Å². The molecule has 1 unspecified atom stereocenters. The second-order valence-corrected chi connectivity index (χ2v) is 7.02. The van der Waals surface area contributed by atoms with Gasteiger partial charge in [-0.15, -0.1) is 0 Å². The second kappa shape index (κ2) is 7.02. The Kier molecular flexibility index (Phi) is 5.26. The summed E-state index contributed by atoms with van der Waals surface area (Å²) in [6.07, 6.45) is 6.53. The van der Waals surface area contributed by atoms with Crippen LogP contribution in [0.25, 0.3) is 6.08 Å². The lowest BCUT2D eigenvalue weighted by Gasteiger charge is -2.37. The summed E-state index contributed by atoms with van der Waals surface area (Å²) in [6, 6.07) is 9.72. The summed E-state index contributed by atoms with van der Waals surface area (Å²) in [6.45, 7) is 6.06. The van der Waals surface area contributed by atoms with Crippen LogP contribution in [0.5, 0.6) is 5.75 Å². The van der Waals surface area contributed by atoms with Crippen LogP contribution in [0, 0.1) is 22.2 Å². The molecule has 1 aromatic rings. The van der Waals surface area contributed by atoms with E-state index >= 15 is 0 Å². The summed E-state index contributed by atoms with van der Waals surface area (Å²) in [7, 11) is 1.58. The molecule has 0 saturated carbocycles. The van der Waals surface area contributed by atoms with Gasteiger partial charge in [0.15, 0.2) is 12.6 Å². The zero-order valence-electron chi connectivity index (χ0n) is 14.6. The number of rotatable bonds is 5. The zero-order chi connectivity index (χ0) is 17.8. The summed E-state index contributed by atoms with van der Waals surface area (Å²) in [4.78, 5) is 12.2. The predicted octanol–water partition coefficient (Wildman–Crippen LogP) is 4.14. The highest BCUT2D eigenvalue weighted by Gasteiger charge is 2.41. The molecule has 0 aromatic heterocycles. The lowest BCUT2D eigenvalue weighted by atomic mass is 9.65. The minimum absolute atomic E-state index is 0.0736. The van der Waals surface area contributed by atoms with Crippen LogP contribution >= 0.6 is 0 Å². The summed E-state index contributed by atoms with van der Waals surface area (Å²) in [5.74, 6) is 0.673. The first-order valence-electron chi connectivity index (χ1n) is 7.88. The fourth-order valence-corrected chi connectivity index (χ4v) is 3.12. The first-order chi connectivity index (χ1) is 11.3. The van der Waals surface area contributed by atoms with Crippen molar-refractivity contribution in [1.82, 2.24) is 0 Å². The van der Waals surface area contributed by atoms with E-state index in [2.05, 4.69) is 6.08 Å². The Balaban J connectivity index is 2.19. The molecule has 0 bridgehead atoms. The Morgan fingerprint density at radius 1 is 1.25 bits per heavy atom. The molecule has 2 rings (SSSR count). The van der Waals surface area contributed by atoms with Crippen molar-refractivity contribution in [2.75, 3.05) is 13.9 Å². The summed E-state index contributed by atoms with van der Waals surface area (Å²) < 4.78 is 10.2. The fraction of sp³-hybridized carbons (Fsp3) is 0.400. The lowest BCUT2D eigenvalue weighted by Crippen LogP contribution is -2.36. The zero-order valence-corrected chi connectivity index (χ0v) is 14.6. The number of Topliss-reactive ketones (excluding diaryl/α,β-unsaturated/α-hetero) is 1. The largest absolute Gasteiger partial charge is 0.468 e. The van der Waals surface area contributed by atoms with Gasteiger partial charge >= 0.3 is 0 Å². The molecule has 24 heavy (non-hydrogen) atoms. The maximum atomic E-state index is 12.2. The van der Waals surface area contributed by atoms with Crippen LogP contribution in [0.3, 0.4) is 0 Å². The molecule has 126 valence electrons. The highest BCUT2D eigenvalue weighted by Crippen LogP contribution is 2.43. The highest BCUT2D eigenvalue weighted by atomic mass is 16.7. The van der Waals surface area contributed by atoms with Crippen LogP contribution in [0.4, 0.5) is 0 Å². The molecule has 1 aromatic carbocycles. The van der Waals surface area contributed by atoms with E-state index < -0.39 is 5.41 Å². The smallest absolute Gasteiger partial charge is 0.188 e. The number of hydrogen-bond donors (Lipinski definition) is 0. The Hall–Kier alpha value is -2.38. The molecule has 0 aliphatic heterocycles. The van der Waals surface area contributed by atoms with Gasteiger partial charge in [-0.25, -0.2) is 0 Å². The maximum absolute atomic E-state index is 12.2. The van der Waals surface area contributed by atoms with Gasteiger partial charge in [0, 0.05) is 17.9 Å². The molecule has 0 saturated heterocycles. The van der Waals surface area contributed by atoms with E-state index in [9.17, 15) is 10.1 Å². The Morgan fingerprint density at radius 2 is 1.92 bits per heavy atom. The molecule has 0 heterocycles. The van der Waals surface area contributed by atoms with Crippen LogP contribution in [0.15, 0.2) is 42.0 Å².